The maximum absolute atomic E-state index is 12.7. The average molecular weight is 387 g/mol. The van der Waals surface area contributed by atoms with Crippen LogP contribution in [0.4, 0.5) is 16.3 Å². The standard InChI is InChI=1S/C21H27ClN4O/c1-15-14-25(19-18(22)6-5-11-23-19)12-13-26(15)20(27)24-17-9-7-16(8-10-17)21(2,3)4/h5-11,15H,12-14H2,1-4H3,(H,24,27)/t15-/m1/s1. The third kappa shape index (κ3) is 4.53. The smallest absolute Gasteiger partial charge is 0.322 e. The summed E-state index contributed by atoms with van der Waals surface area (Å²) in [6.45, 7) is 10.6. The van der Waals surface area contributed by atoms with Gasteiger partial charge in [-0.05, 0) is 42.2 Å². The van der Waals surface area contributed by atoms with Gasteiger partial charge < -0.3 is 15.1 Å². The highest BCUT2D eigenvalue weighted by atomic mass is 35.5. The van der Waals surface area contributed by atoms with Gasteiger partial charge in [0.1, 0.15) is 5.82 Å². The van der Waals surface area contributed by atoms with Crippen LogP contribution in [0.2, 0.25) is 5.02 Å². The lowest BCUT2D eigenvalue weighted by Gasteiger charge is -2.40. The molecule has 27 heavy (non-hydrogen) atoms. The average Bonchev–Trinajstić information content (AvgIpc) is 2.61. The number of rotatable bonds is 2. The van der Waals surface area contributed by atoms with E-state index >= 15 is 0 Å². The third-order valence-corrected chi connectivity index (χ3v) is 5.22. The first kappa shape index (κ1) is 19.5. The predicted octanol–water partition coefficient (Wildman–Crippen LogP) is 4.78. The fraction of sp³-hybridized carbons (Fsp3) is 0.429. The number of carbonyl (C=O) groups excluding carboxylic acids is 1. The van der Waals surface area contributed by atoms with Crippen LogP contribution in [0.5, 0.6) is 0 Å². The minimum Gasteiger partial charge on any atom is -0.352 e. The Kier molecular flexibility index (Phi) is 5.61. The molecule has 6 heteroatoms. The summed E-state index contributed by atoms with van der Waals surface area (Å²) in [5.74, 6) is 0.781. The summed E-state index contributed by atoms with van der Waals surface area (Å²) >= 11 is 6.26. The number of nitrogens with zero attached hydrogens (tertiary/aromatic N) is 3. The highest BCUT2D eigenvalue weighted by molar-refractivity contribution is 6.32. The van der Waals surface area contributed by atoms with Crippen molar-refractivity contribution in [2.24, 2.45) is 0 Å². The van der Waals surface area contributed by atoms with Crippen molar-refractivity contribution in [2.45, 2.75) is 39.2 Å². The summed E-state index contributed by atoms with van der Waals surface area (Å²) in [6, 6.07) is 11.7. The van der Waals surface area contributed by atoms with E-state index in [0.29, 0.717) is 24.7 Å². The van der Waals surface area contributed by atoms with Crippen molar-refractivity contribution < 1.29 is 4.79 Å². The van der Waals surface area contributed by atoms with Gasteiger partial charge in [-0.3, -0.25) is 0 Å². The van der Waals surface area contributed by atoms with Crippen molar-refractivity contribution in [3.63, 3.8) is 0 Å². The number of urea groups is 1. The van der Waals surface area contributed by atoms with Crippen LogP contribution in [-0.4, -0.2) is 41.6 Å². The molecule has 1 aliphatic heterocycles. The molecule has 0 saturated carbocycles. The maximum atomic E-state index is 12.7. The minimum atomic E-state index is -0.0715. The van der Waals surface area contributed by atoms with Crippen LogP contribution in [0, 0.1) is 0 Å². The van der Waals surface area contributed by atoms with E-state index in [4.69, 9.17) is 11.6 Å². The van der Waals surface area contributed by atoms with Gasteiger partial charge in [-0.25, -0.2) is 9.78 Å². The number of hydrogen-bond acceptors (Lipinski definition) is 3. The normalized spacial score (nSPS) is 17.7. The van der Waals surface area contributed by atoms with Gasteiger partial charge in [0.05, 0.1) is 5.02 Å². The molecule has 144 valence electrons. The zero-order chi connectivity index (χ0) is 19.6. The molecule has 2 aromatic rings. The zero-order valence-electron chi connectivity index (χ0n) is 16.4. The van der Waals surface area contributed by atoms with E-state index in [-0.39, 0.29) is 17.5 Å². The van der Waals surface area contributed by atoms with Crippen molar-refractivity contribution in [1.82, 2.24) is 9.88 Å². The van der Waals surface area contributed by atoms with Gasteiger partial charge in [0.15, 0.2) is 0 Å². The van der Waals surface area contributed by atoms with Gasteiger partial charge in [0, 0.05) is 37.6 Å². The maximum Gasteiger partial charge on any atom is 0.322 e. The molecule has 1 saturated heterocycles. The molecule has 1 atom stereocenters. The van der Waals surface area contributed by atoms with E-state index in [1.165, 1.54) is 5.56 Å². The molecular weight excluding hydrogens is 360 g/mol. The van der Waals surface area contributed by atoms with Crippen LogP contribution in [0.3, 0.4) is 0 Å². The molecule has 1 N–H and O–H groups in total. The Morgan fingerprint density at radius 3 is 2.48 bits per heavy atom. The van der Waals surface area contributed by atoms with Gasteiger partial charge in [0.25, 0.3) is 0 Å². The monoisotopic (exact) mass is 386 g/mol. The number of carbonyl (C=O) groups is 1. The first-order valence-corrected chi connectivity index (χ1v) is 9.67. The van der Waals surface area contributed by atoms with Crippen LogP contribution < -0.4 is 10.2 Å². The van der Waals surface area contributed by atoms with Crippen LogP contribution in [0.25, 0.3) is 0 Å². The molecular formula is C21H27ClN4O. The molecule has 0 radical (unpaired) electrons. The van der Waals surface area contributed by atoms with Gasteiger partial charge in [0.2, 0.25) is 0 Å². The number of pyridine rings is 1. The van der Waals surface area contributed by atoms with Crippen molar-refractivity contribution >= 4 is 29.1 Å². The largest absolute Gasteiger partial charge is 0.352 e. The van der Waals surface area contributed by atoms with E-state index in [2.05, 4.69) is 48.1 Å². The lowest BCUT2D eigenvalue weighted by atomic mass is 9.87. The summed E-state index contributed by atoms with van der Waals surface area (Å²) in [7, 11) is 0. The molecule has 2 heterocycles. The Labute approximate surface area is 166 Å². The summed E-state index contributed by atoms with van der Waals surface area (Å²) in [5.41, 5.74) is 2.16. The Balaban J connectivity index is 1.62. The lowest BCUT2D eigenvalue weighted by molar-refractivity contribution is 0.184. The lowest BCUT2D eigenvalue weighted by Crippen LogP contribution is -2.55. The third-order valence-electron chi connectivity index (χ3n) is 4.93. The molecule has 0 spiro atoms. The Morgan fingerprint density at radius 2 is 1.89 bits per heavy atom. The molecule has 0 bridgehead atoms. The minimum absolute atomic E-state index is 0.0608. The van der Waals surface area contributed by atoms with E-state index in [0.717, 1.165) is 11.5 Å². The molecule has 1 aromatic heterocycles. The molecule has 0 unspecified atom stereocenters. The van der Waals surface area contributed by atoms with Crippen LogP contribution in [0.15, 0.2) is 42.6 Å². The van der Waals surface area contributed by atoms with Crippen molar-refractivity contribution in [2.75, 3.05) is 29.9 Å². The van der Waals surface area contributed by atoms with Crippen LogP contribution >= 0.6 is 11.6 Å². The Hall–Kier alpha value is -2.27. The molecule has 3 rings (SSSR count). The zero-order valence-corrected chi connectivity index (χ0v) is 17.1. The first-order valence-electron chi connectivity index (χ1n) is 9.29. The van der Waals surface area contributed by atoms with Gasteiger partial charge in [-0.15, -0.1) is 0 Å². The number of hydrogen-bond donors (Lipinski definition) is 1. The second-order valence-electron chi connectivity index (χ2n) is 8.05. The number of aromatic nitrogens is 1. The fourth-order valence-electron chi connectivity index (χ4n) is 3.31. The van der Waals surface area contributed by atoms with E-state index in [1.54, 1.807) is 6.20 Å². The summed E-state index contributed by atoms with van der Waals surface area (Å²) < 4.78 is 0. The molecule has 1 aliphatic rings. The van der Waals surface area contributed by atoms with E-state index in [1.807, 2.05) is 36.1 Å². The predicted molar refractivity (Wildman–Crippen MR) is 112 cm³/mol. The van der Waals surface area contributed by atoms with E-state index < -0.39 is 0 Å². The SMILES string of the molecule is C[C@@H]1CN(c2ncccc2Cl)CCN1C(=O)Nc1ccc(C(C)(C)C)cc1. The van der Waals surface area contributed by atoms with Crippen molar-refractivity contribution in [3.05, 3.63) is 53.2 Å². The topological polar surface area (TPSA) is 48.5 Å². The second-order valence-corrected chi connectivity index (χ2v) is 8.46. The number of amides is 2. The first-order chi connectivity index (χ1) is 12.8. The molecule has 1 fully saturated rings. The number of nitrogens with one attached hydrogen (secondary N) is 1. The number of piperazine rings is 1. The number of anilines is 2. The van der Waals surface area contributed by atoms with Crippen molar-refractivity contribution in [3.8, 4) is 0 Å². The number of benzene rings is 1. The van der Waals surface area contributed by atoms with Gasteiger partial charge >= 0.3 is 6.03 Å². The fourth-order valence-corrected chi connectivity index (χ4v) is 3.55. The van der Waals surface area contributed by atoms with Crippen LogP contribution in [0.1, 0.15) is 33.3 Å². The quantitative estimate of drug-likeness (QED) is 0.808. The summed E-state index contributed by atoms with van der Waals surface area (Å²) in [4.78, 5) is 21.1. The highest BCUT2D eigenvalue weighted by Gasteiger charge is 2.29. The summed E-state index contributed by atoms with van der Waals surface area (Å²) in [5, 5.41) is 3.65. The molecule has 2 amide bonds. The summed E-state index contributed by atoms with van der Waals surface area (Å²) in [6.07, 6.45) is 1.74. The molecule has 1 aromatic carbocycles. The van der Waals surface area contributed by atoms with E-state index in [9.17, 15) is 4.79 Å². The number of halogens is 1. The van der Waals surface area contributed by atoms with Crippen LogP contribution in [-0.2, 0) is 5.41 Å². The van der Waals surface area contributed by atoms with Gasteiger partial charge in [-0.1, -0.05) is 44.5 Å². The molecule has 5 nitrogen and oxygen atoms in total. The second kappa shape index (κ2) is 7.77. The Morgan fingerprint density at radius 1 is 1.19 bits per heavy atom. The molecule has 0 aliphatic carbocycles. The van der Waals surface area contributed by atoms with Gasteiger partial charge in [-0.2, -0.15) is 0 Å². The highest BCUT2D eigenvalue weighted by Crippen LogP contribution is 2.26. The Bertz CT molecular complexity index is 801. The van der Waals surface area contributed by atoms with Crippen molar-refractivity contribution in [1.29, 1.82) is 0 Å².